The van der Waals surface area contributed by atoms with Gasteiger partial charge in [0.05, 0.1) is 25.7 Å². The van der Waals surface area contributed by atoms with E-state index in [2.05, 4.69) is 27.4 Å². The number of carbonyl (C=O) groups is 1. The summed E-state index contributed by atoms with van der Waals surface area (Å²) in [7, 11) is 0. The molecule has 0 saturated carbocycles. The van der Waals surface area contributed by atoms with Crippen LogP contribution in [0, 0.1) is 0 Å². The van der Waals surface area contributed by atoms with Crippen molar-refractivity contribution in [2.24, 2.45) is 0 Å². The molecule has 0 aliphatic rings. The number of anilines is 1. The molecule has 0 bridgehead atoms. The molecule has 2 rings (SSSR count). The maximum atomic E-state index is 12.2. The lowest BCUT2D eigenvalue weighted by Gasteiger charge is -2.21. The third kappa shape index (κ3) is 5.21. The summed E-state index contributed by atoms with van der Waals surface area (Å²) < 4.78 is 0. The third-order valence-electron chi connectivity index (χ3n) is 3.09. The first-order valence-electron chi connectivity index (χ1n) is 7.53. The fourth-order valence-corrected chi connectivity index (χ4v) is 2.00. The molecule has 2 amide bonds. The van der Waals surface area contributed by atoms with Gasteiger partial charge in [0.1, 0.15) is 5.82 Å². The molecule has 6 nitrogen and oxygen atoms in total. The average molecular weight is 302 g/mol. The van der Waals surface area contributed by atoms with E-state index in [9.17, 15) is 4.79 Å². The molecular weight excluding hydrogens is 280 g/mol. The molecule has 0 radical (unpaired) electrons. The Balaban J connectivity index is 1.83. The average Bonchev–Trinajstić information content (AvgIpc) is 3.04. The van der Waals surface area contributed by atoms with Gasteiger partial charge in [0, 0.05) is 0 Å². The zero-order chi connectivity index (χ0) is 15.6. The van der Waals surface area contributed by atoms with Gasteiger partial charge in [-0.3, -0.25) is 10.2 Å². The highest BCUT2D eigenvalue weighted by atomic mass is 16.7. The van der Waals surface area contributed by atoms with Gasteiger partial charge in [-0.05, 0) is 24.8 Å². The van der Waals surface area contributed by atoms with E-state index in [-0.39, 0.29) is 6.03 Å². The van der Waals surface area contributed by atoms with Crippen LogP contribution < -0.4 is 5.32 Å². The molecule has 1 aromatic carbocycles. The van der Waals surface area contributed by atoms with Crippen LogP contribution in [0.4, 0.5) is 10.6 Å². The van der Waals surface area contributed by atoms with Crippen LogP contribution in [0.5, 0.6) is 0 Å². The number of urea groups is 1. The Kier molecular flexibility index (Phi) is 6.44. The number of amides is 2. The van der Waals surface area contributed by atoms with E-state index in [1.54, 1.807) is 6.20 Å². The van der Waals surface area contributed by atoms with E-state index >= 15 is 0 Å². The number of aromatic nitrogens is 2. The first kappa shape index (κ1) is 16.0. The van der Waals surface area contributed by atoms with Crippen molar-refractivity contribution in [1.82, 2.24) is 15.0 Å². The van der Waals surface area contributed by atoms with E-state index in [1.807, 2.05) is 25.1 Å². The largest absolute Gasteiger partial charge is 0.346 e. The molecule has 0 fully saturated rings. The third-order valence-corrected chi connectivity index (χ3v) is 3.09. The van der Waals surface area contributed by atoms with Crippen molar-refractivity contribution in [3.63, 3.8) is 0 Å². The van der Waals surface area contributed by atoms with Crippen molar-refractivity contribution < 1.29 is 9.63 Å². The van der Waals surface area contributed by atoms with Crippen LogP contribution in [0.2, 0.25) is 0 Å². The zero-order valence-corrected chi connectivity index (χ0v) is 12.8. The van der Waals surface area contributed by atoms with E-state index in [0.717, 1.165) is 19.3 Å². The zero-order valence-electron chi connectivity index (χ0n) is 12.8. The SMILES string of the molecule is CCCON(CCCc1ccccc1)C(=O)Nc1cnc[nH]1. The predicted octanol–water partition coefficient (Wildman–Crippen LogP) is 3.22. The summed E-state index contributed by atoms with van der Waals surface area (Å²) in [6, 6.07) is 9.92. The van der Waals surface area contributed by atoms with Crippen LogP contribution in [-0.2, 0) is 11.3 Å². The molecule has 6 heteroatoms. The predicted molar refractivity (Wildman–Crippen MR) is 85.3 cm³/mol. The molecule has 22 heavy (non-hydrogen) atoms. The second kappa shape index (κ2) is 8.84. The minimum absolute atomic E-state index is 0.286. The molecule has 2 N–H and O–H groups in total. The van der Waals surface area contributed by atoms with Gasteiger partial charge >= 0.3 is 6.03 Å². The summed E-state index contributed by atoms with van der Waals surface area (Å²) in [5.41, 5.74) is 1.26. The van der Waals surface area contributed by atoms with E-state index in [0.29, 0.717) is 19.0 Å². The van der Waals surface area contributed by atoms with Crippen LogP contribution in [0.25, 0.3) is 0 Å². The summed E-state index contributed by atoms with van der Waals surface area (Å²) in [4.78, 5) is 24.4. The van der Waals surface area contributed by atoms with Crippen molar-refractivity contribution in [3.05, 3.63) is 48.4 Å². The van der Waals surface area contributed by atoms with E-state index < -0.39 is 0 Å². The van der Waals surface area contributed by atoms with Crippen molar-refractivity contribution >= 4 is 11.8 Å². The fourth-order valence-electron chi connectivity index (χ4n) is 2.00. The topological polar surface area (TPSA) is 70.2 Å². The standard InChI is InChI=1S/C16H22N4O2/c1-2-11-22-20(16(21)19-15-12-17-13-18-15)10-6-9-14-7-4-3-5-8-14/h3-5,7-8,12-13H,2,6,9-11H2,1H3,(H,17,18)(H,19,21). The number of H-pyrrole nitrogens is 1. The molecule has 0 spiro atoms. The van der Waals surface area contributed by atoms with Crippen LogP contribution in [0.1, 0.15) is 25.3 Å². The maximum absolute atomic E-state index is 12.2. The molecule has 1 heterocycles. The highest BCUT2D eigenvalue weighted by Gasteiger charge is 2.14. The minimum atomic E-state index is -0.286. The highest BCUT2D eigenvalue weighted by Crippen LogP contribution is 2.07. The Bertz CT molecular complexity index is 543. The van der Waals surface area contributed by atoms with Crippen molar-refractivity contribution in [3.8, 4) is 0 Å². The quantitative estimate of drug-likeness (QED) is 0.736. The number of hydroxylamine groups is 2. The van der Waals surface area contributed by atoms with Gasteiger partial charge in [-0.25, -0.2) is 14.8 Å². The lowest BCUT2D eigenvalue weighted by molar-refractivity contribution is -0.113. The molecular formula is C16H22N4O2. The monoisotopic (exact) mass is 302 g/mol. The van der Waals surface area contributed by atoms with Crippen LogP contribution >= 0.6 is 0 Å². The Morgan fingerprint density at radius 3 is 2.86 bits per heavy atom. The Morgan fingerprint density at radius 1 is 1.36 bits per heavy atom. The second-order valence-electron chi connectivity index (χ2n) is 4.92. The number of rotatable bonds is 8. The number of hydrogen-bond donors (Lipinski definition) is 2. The molecule has 0 aliphatic carbocycles. The second-order valence-corrected chi connectivity index (χ2v) is 4.92. The maximum Gasteiger partial charge on any atom is 0.346 e. The van der Waals surface area contributed by atoms with Gasteiger partial charge in [0.25, 0.3) is 0 Å². The lowest BCUT2D eigenvalue weighted by atomic mass is 10.1. The van der Waals surface area contributed by atoms with Gasteiger partial charge in [-0.1, -0.05) is 37.3 Å². The van der Waals surface area contributed by atoms with Gasteiger partial charge < -0.3 is 4.98 Å². The molecule has 0 unspecified atom stereocenters. The normalized spacial score (nSPS) is 10.4. The fraction of sp³-hybridized carbons (Fsp3) is 0.375. The Labute approximate surface area is 130 Å². The summed E-state index contributed by atoms with van der Waals surface area (Å²) in [6.45, 7) is 3.06. The first-order chi connectivity index (χ1) is 10.8. The molecule has 0 aliphatic heterocycles. The number of imidazole rings is 1. The number of hydrogen-bond acceptors (Lipinski definition) is 3. The smallest absolute Gasteiger partial charge is 0.331 e. The van der Waals surface area contributed by atoms with Crippen molar-refractivity contribution in [2.75, 3.05) is 18.5 Å². The summed E-state index contributed by atoms with van der Waals surface area (Å²) in [5.74, 6) is 0.554. The number of nitrogens with one attached hydrogen (secondary N) is 2. The van der Waals surface area contributed by atoms with Gasteiger partial charge in [-0.2, -0.15) is 0 Å². The number of benzene rings is 1. The summed E-state index contributed by atoms with van der Waals surface area (Å²) in [6.07, 6.45) is 5.67. The molecule has 0 saturated heterocycles. The van der Waals surface area contributed by atoms with Crippen molar-refractivity contribution in [1.29, 1.82) is 0 Å². The molecule has 2 aromatic rings. The summed E-state index contributed by atoms with van der Waals surface area (Å²) in [5, 5.41) is 4.11. The minimum Gasteiger partial charge on any atom is -0.331 e. The van der Waals surface area contributed by atoms with Crippen molar-refractivity contribution in [2.45, 2.75) is 26.2 Å². The van der Waals surface area contributed by atoms with Crippen LogP contribution in [-0.4, -0.2) is 34.2 Å². The first-order valence-corrected chi connectivity index (χ1v) is 7.53. The van der Waals surface area contributed by atoms with Crippen LogP contribution in [0.15, 0.2) is 42.9 Å². The number of aryl methyl sites for hydroxylation is 1. The highest BCUT2D eigenvalue weighted by molar-refractivity contribution is 5.87. The molecule has 0 atom stereocenters. The van der Waals surface area contributed by atoms with Gasteiger partial charge in [0.2, 0.25) is 0 Å². The molecule has 118 valence electrons. The lowest BCUT2D eigenvalue weighted by Crippen LogP contribution is -2.36. The molecule has 1 aromatic heterocycles. The van der Waals surface area contributed by atoms with Gasteiger partial charge in [0.15, 0.2) is 0 Å². The Hall–Kier alpha value is -2.34. The number of carbonyl (C=O) groups excluding carboxylic acids is 1. The van der Waals surface area contributed by atoms with E-state index in [1.165, 1.54) is 17.0 Å². The number of aromatic amines is 1. The van der Waals surface area contributed by atoms with E-state index in [4.69, 9.17) is 4.84 Å². The van der Waals surface area contributed by atoms with Crippen LogP contribution in [0.3, 0.4) is 0 Å². The Morgan fingerprint density at radius 2 is 2.18 bits per heavy atom. The number of nitrogens with zero attached hydrogens (tertiary/aromatic N) is 2. The summed E-state index contributed by atoms with van der Waals surface area (Å²) >= 11 is 0. The van der Waals surface area contributed by atoms with Gasteiger partial charge in [-0.15, -0.1) is 0 Å².